The minimum absolute atomic E-state index is 0.0132. The zero-order chi connectivity index (χ0) is 56.5. The fourth-order valence-electron chi connectivity index (χ4n) is 15.3. The van der Waals surface area contributed by atoms with Crippen LogP contribution in [0.1, 0.15) is 90.1 Å². The summed E-state index contributed by atoms with van der Waals surface area (Å²) in [7, 11) is 0. The average Bonchev–Trinajstić information content (AvgIpc) is 2.02. The summed E-state index contributed by atoms with van der Waals surface area (Å²) in [5, 5.41) is 7.10. The van der Waals surface area contributed by atoms with E-state index in [1.54, 1.807) is 0 Å². The van der Waals surface area contributed by atoms with E-state index in [-0.39, 0.29) is 29.9 Å². The number of anilines is 10. The molecule has 12 aromatic rings. The van der Waals surface area contributed by atoms with Crippen LogP contribution in [0.5, 0.6) is 0 Å². The lowest BCUT2D eigenvalue weighted by atomic mass is 9.33. The van der Waals surface area contributed by atoms with Gasteiger partial charge in [0, 0.05) is 72.8 Å². The maximum Gasteiger partial charge on any atom is 0.422 e. The Kier molecular flexibility index (Phi) is 9.64. The van der Waals surface area contributed by atoms with Crippen LogP contribution in [0.15, 0.2) is 192 Å². The van der Waals surface area contributed by atoms with Crippen molar-refractivity contribution in [2.75, 3.05) is 19.4 Å². The van der Waals surface area contributed by atoms with Gasteiger partial charge in [0.25, 0.3) is 6.71 Å². The minimum Gasteiger partial charge on any atom is -0.455 e. The zero-order valence-electron chi connectivity index (χ0n) is 49.2. The Morgan fingerprint density at radius 3 is 1.57 bits per heavy atom. The third-order valence-corrected chi connectivity index (χ3v) is 19.3. The molecule has 0 saturated heterocycles. The molecule has 0 atom stereocenters. The SMILES string of the molecule is Cc1cc2c3c(c1)N(c1cc(C)c4c(c1)c1ccccc1c1c5ccccc5oc41)c1cc4c(cc1B3c1ccc(C(C)(C)C)cc1N2c1ccc(C(C)(C)C)cc1)N1B2c3c(cc(C(C)(C)C)cc3-c3ccccc3N24)-c2ccccc21. The number of nitrogens with zero attached hydrogens (tertiary/aromatic N) is 4. The molecule has 0 aliphatic carbocycles. The second kappa shape index (κ2) is 16.4. The van der Waals surface area contributed by atoms with Gasteiger partial charge in [-0.1, -0.05) is 178 Å². The van der Waals surface area contributed by atoms with Gasteiger partial charge < -0.3 is 23.8 Å². The van der Waals surface area contributed by atoms with Gasteiger partial charge in [0.2, 0.25) is 0 Å². The summed E-state index contributed by atoms with van der Waals surface area (Å²) in [6, 6.07) is 72.8. The highest BCUT2D eigenvalue weighted by molar-refractivity contribution is 7.00. The standard InChI is InChI=1S/C76H64B2N4O/c1-43-34-66-72-67(35-43)80(49-36-44(2)69-55(40-49)50-20-12-13-23-53(50)70-54-24-16-19-27-68(54)83-73(69)70)63-42-65-64(41-59(63)77(72)58-33-30-46(75(6,7)8)39-62(58)79(66)48-31-28-45(29-32-48)74(3,4)5)81-60-25-17-14-21-51(60)56-37-47(76(9,10)11)38-57-52-22-15-18-26-61(52)82(65)78(81)71(56)57/h12-42H,1-11H3. The molecule has 5 nitrogen and oxygen atoms in total. The second-order valence-corrected chi connectivity index (χ2v) is 27.5. The van der Waals surface area contributed by atoms with Gasteiger partial charge in [-0.2, -0.15) is 0 Å². The third kappa shape index (κ3) is 6.62. The van der Waals surface area contributed by atoms with Crippen molar-refractivity contribution in [2.45, 2.75) is 92.4 Å². The molecule has 0 N–H and O–H groups in total. The predicted molar refractivity (Wildman–Crippen MR) is 355 cm³/mol. The molecule has 6 heterocycles. The molecular weight excluding hydrogens is 1010 g/mol. The minimum atomic E-state index is -0.0917. The third-order valence-electron chi connectivity index (χ3n) is 19.3. The van der Waals surface area contributed by atoms with E-state index in [0.717, 1.165) is 33.3 Å². The lowest BCUT2D eigenvalue weighted by Crippen LogP contribution is -2.61. The summed E-state index contributed by atoms with van der Waals surface area (Å²) in [6.45, 7) is 25.4. The lowest BCUT2D eigenvalue weighted by Gasteiger charge is -2.45. The van der Waals surface area contributed by atoms with Gasteiger partial charge in [-0.25, -0.2) is 0 Å². The summed E-state index contributed by atoms with van der Waals surface area (Å²) in [5.41, 5.74) is 30.7. The molecule has 0 unspecified atom stereocenters. The van der Waals surface area contributed by atoms with Crippen LogP contribution in [0.4, 0.5) is 56.9 Å². The number of para-hydroxylation sites is 3. The summed E-state index contributed by atoms with van der Waals surface area (Å²) in [4.78, 5) is 10.6. The molecule has 1 aromatic heterocycles. The van der Waals surface area contributed by atoms with Crippen molar-refractivity contribution in [3.8, 4) is 22.3 Å². The number of aryl methyl sites for hydroxylation is 2. The van der Waals surface area contributed by atoms with Gasteiger partial charge >= 0.3 is 6.98 Å². The number of hydrogen-bond acceptors (Lipinski definition) is 5. The van der Waals surface area contributed by atoms with E-state index in [4.69, 9.17) is 4.42 Å². The number of rotatable bonds is 2. The smallest absolute Gasteiger partial charge is 0.422 e. The molecule has 7 heteroatoms. The summed E-state index contributed by atoms with van der Waals surface area (Å²) < 4.78 is 6.96. The van der Waals surface area contributed by atoms with E-state index >= 15 is 0 Å². The number of hydrogen-bond donors (Lipinski definition) is 0. The van der Waals surface area contributed by atoms with Crippen LogP contribution in [0.25, 0.3) is 65.7 Å². The number of fused-ring (bicyclic) bond motifs is 21. The molecule has 0 saturated carbocycles. The molecule has 11 aromatic carbocycles. The maximum absolute atomic E-state index is 6.96. The van der Waals surface area contributed by atoms with Crippen molar-refractivity contribution in [2.24, 2.45) is 0 Å². The first kappa shape index (κ1) is 48.7. The average molecular weight is 1070 g/mol. The molecular formula is C76H64B2N4O. The zero-order valence-corrected chi connectivity index (χ0v) is 49.2. The molecule has 0 amide bonds. The summed E-state index contributed by atoms with van der Waals surface area (Å²) in [5.74, 6) is 0. The Labute approximate surface area is 487 Å². The van der Waals surface area contributed by atoms with Crippen LogP contribution < -0.4 is 41.3 Å². The Morgan fingerprint density at radius 2 is 0.916 bits per heavy atom. The van der Waals surface area contributed by atoms with Crippen molar-refractivity contribution in [1.82, 2.24) is 0 Å². The number of furan rings is 1. The van der Waals surface area contributed by atoms with E-state index in [2.05, 4.69) is 284 Å². The quantitative estimate of drug-likeness (QED) is 0.127. The number of benzene rings is 11. The van der Waals surface area contributed by atoms with Crippen LogP contribution in [0, 0.1) is 13.8 Å². The van der Waals surface area contributed by atoms with E-state index in [0.29, 0.717) is 0 Å². The maximum atomic E-state index is 6.96. The van der Waals surface area contributed by atoms with Gasteiger partial charge in [0.1, 0.15) is 11.2 Å². The molecule has 5 aliphatic rings. The van der Waals surface area contributed by atoms with Gasteiger partial charge in [0.05, 0.1) is 11.4 Å². The van der Waals surface area contributed by atoms with Crippen molar-refractivity contribution in [1.29, 1.82) is 0 Å². The molecule has 0 fully saturated rings. The first-order valence-corrected chi connectivity index (χ1v) is 29.8. The van der Waals surface area contributed by atoms with Crippen LogP contribution in [0.2, 0.25) is 0 Å². The molecule has 0 bridgehead atoms. The fourth-order valence-corrected chi connectivity index (χ4v) is 15.3. The highest BCUT2D eigenvalue weighted by Crippen LogP contribution is 2.58. The Bertz CT molecular complexity index is 4860. The lowest BCUT2D eigenvalue weighted by molar-refractivity contribution is 0.590. The van der Waals surface area contributed by atoms with Crippen molar-refractivity contribution in [3.63, 3.8) is 0 Å². The fraction of sp³-hybridized carbons (Fsp3) is 0.184. The molecule has 83 heavy (non-hydrogen) atoms. The van der Waals surface area contributed by atoms with Crippen LogP contribution >= 0.6 is 0 Å². The first-order valence-electron chi connectivity index (χ1n) is 29.8. The summed E-state index contributed by atoms with van der Waals surface area (Å²) in [6.07, 6.45) is 0. The Hall–Kier alpha value is -8.93. The van der Waals surface area contributed by atoms with E-state index in [1.807, 2.05) is 0 Å². The largest absolute Gasteiger partial charge is 0.455 e. The summed E-state index contributed by atoms with van der Waals surface area (Å²) >= 11 is 0. The van der Waals surface area contributed by atoms with Crippen molar-refractivity contribution < 1.29 is 4.42 Å². The second-order valence-electron chi connectivity index (χ2n) is 27.5. The van der Waals surface area contributed by atoms with Crippen LogP contribution in [0.3, 0.4) is 0 Å². The monoisotopic (exact) mass is 1070 g/mol. The van der Waals surface area contributed by atoms with E-state index in [9.17, 15) is 0 Å². The normalized spacial score (nSPS) is 14.5. The predicted octanol–water partition coefficient (Wildman–Crippen LogP) is 18.1. The molecule has 0 spiro atoms. The topological polar surface area (TPSA) is 26.1 Å². The Morgan fingerprint density at radius 1 is 0.361 bits per heavy atom. The highest BCUT2D eigenvalue weighted by atomic mass is 16.3. The van der Waals surface area contributed by atoms with Gasteiger partial charge in [-0.15, -0.1) is 0 Å². The van der Waals surface area contributed by atoms with Gasteiger partial charge in [0.15, 0.2) is 0 Å². The Balaban J connectivity index is 0.993. The highest BCUT2D eigenvalue weighted by Gasteiger charge is 2.54. The van der Waals surface area contributed by atoms with Crippen LogP contribution in [-0.4, -0.2) is 13.7 Å². The van der Waals surface area contributed by atoms with Crippen LogP contribution in [-0.2, 0) is 16.2 Å². The molecule has 0 radical (unpaired) electrons. The molecule has 400 valence electrons. The van der Waals surface area contributed by atoms with E-state index < -0.39 is 0 Å². The van der Waals surface area contributed by atoms with Crippen molar-refractivity contribution >= 4 is 136 Å². The van der Waals surface area contributed by atoms with Crippen molar-refractivity contribution in [3.05, 3.63) is 216 Å². The first-order chi connectivity index (χ1) is 39.9. The van der Waals surface area contributed by atoms with E-state index in [1.165, 1.54) is 139 Å². The molecule has 17 rings (SSSR count). The van der Waals surface area contributed by atoms with Gasteiger partial charge in [-0.3, -0.25) is 0 Å². The molecule has 5 aliphatic heterocycles. The van der Waals surface area contributed by atoms with Gasteiger partial charge in [-0.05, 0) is 180 Å².